The molecule has 0 amide bonds. The molecule has 0 saturated heterocycles. The summed E-state index contributed by atoms with van der Waals surface area (Å²) >= 11 is 0. The van der Waals surface area contributed by atoms with E-state index in [1.54, 1.807) is 48.5 Å². The van der Waals surface area contributed by atoms with E-state index in [1.807, 2.05) is 48.5 Å². The van der Waals surface area contributed by atoms with Gasteiger partial charge in [-0.1, -0.05) is 72.8 Å². The average Bonchev–Trinajstić information content (AvgIpc) is 3.13. The van der Waals surface area contributed by atoms with Gasteiger partial charge >= 0.3 is 0 Å². The van der Waals surface area contributed by atoms with Crippen LogP contribution < -0.4 is 0 Å². The van der Waals surface area contributed by atoms with Crippen molar-refractivity contribution in [2.45, 2.75) is 30.5 Å². The van der Waals surface area contributed by atoms with Gasteiger partial charge in [-0.3, -0.25) is 0 Å². The zero-order chi connectivity index (χ0) is 23.0. The highest BCUT2D eigenvalue weighted by Gasteiger charge is 2.52. The Bertz CT molecular complexity index is 1160. The van der Waals surface area contributed by atoms with Crippen LogP contribution in [0.25, 0.3) is 11.1 Å². The fraction of sp³-hybridized carbons (Fsp3) is 0.172. The molecule has 1 aliphatic carbocycles. The van der Waals surface area contributed by atoms with Crippen LogP contribution in [0.2, 0.25) is 0 Å². The molecule has 0 fully saturated rings. The molecule has 0 spiro atoms. The molecule has 5 rings (SSSR count). The summed E-state index contributed by atoms with van der Waals surface area (Å²) in [5.41, 5.74) is 4.55. The van der Waals surface area contributed by atoms with Crippen LogP contribution in [-0.2, 0) is 18.3 Å². The number of aliphatic hydroxyl groups is 2. The van der Waals surface area contributed by atoms with E-state index in [-0.39, 0.29) is 11.5 Å². The van der Waals surface area contributed by atoms with Crippen LogP contribution in [0.5, 0.6) is 11.5 Å². The number of aliphatic hydroxyl groups excluding tert-OH is 2. The topological polar surface area (TPSA) is 80.9 Å². The highest BCUT2D eigenvalue weighted by atomic mass is 16.3. The molecule has 166 valence electrons. The first-order valence-electron chi connectivity index (χ1n) is 11.1. The molecule has 2 unspecified atom stereocenters. The minimum Gasteiger partial charge on any atom is -0.508 e. The van der Waals surface area contributed by atoms with Crippen molar-refractivity contribution in [3.63, 3.8) is 0 Å². The van der Waals surface area contributed by atoms with Crippen molar-refractivity contribution in [3.8, 4) is 22.6 Å². The Kier molecular flexibility index (Phi) is 5.41. The molecule has 33 heavy (non-hydrogen) atoms. The highest BCUT2D eigenvalue weighted by Crippen LogP contribution is 2.53. The molecule has 4 aromatic rings. The quantitative estimate of drug-likeness (QED) is 0.355. The zero-order valence-electron chi connectivity index (χ0n) is 18.1. The summed E-state index contributed by atoms with van der Waals surface area (Å²) in [6.45, 7) is 0. The predicted molar refractivity (Wildman–Crippen MR) is 128 cm³/mol. The van der Waals surface area contributed by atoms with E-state index in [1.165, 1.54) is 0 Å². The fourth-order valence-electron chi connectivity index (χ4n) is 5.28. The standard InChI is InChI=1S/C29H26O4/c30-21-13-9-19(10-14-21)17-27(32)29(28(33)18-20-11-15-22(31)16-12-20)25-7-3-1-5-23(25)24-6-2-4-8-26(24)29/h1-16,27-28,30-33H,17-18H2. The minimum atomic E-state index is -1.04. The Hall–Kier alpha value is -3.60. The lowest BCUT2D eigenvalue weighted by Gasteiger charge is -2.41. The van der Waals surface area contributed by atoms with Crippen molar-refractivity contribution in [3.05, 3.63) is 119 Å². The molecular formula is C29H26O4. The van der Waals surface area contributed by atoms with Crippen molar-refractivity contribution in [1.29, 1.82) is 0 Å². The van der Waals surface area contributed by atoms with Crippen molar-refractivity contribution in [2.75, 3.05) is 0 Å². The number of phenolic OH excluding ortho intramolecular Hbond substituents is 2. The summed E-state index contributed by atoms with van der Waals surface area (Å²) in [5, 5.41) is 43.0. The van der Waals surface area contributed by atoms with Crippen molar-refractivity contribution >= 4 is 0 Å². The average molecular weight is 439 g/mol. The van der Waals surface area contributed by atoms with E-state index in [0.29, 0.717) is 12.8 Å². The van der Waals surface area contributed by atoms with E-state index in [2.05, 4.69) is 0 Å². The van der Waals surface area contributed by atoms with Crippen molar-refractivity contribution < 1.29 is 20.4 Å². The van der Waals surface area contributed by atoms with E-state index in [9.17, 15) is 20.4 Å². The molecule has 0 saturated carbocycles. The number of fused-ring (bicyclic) bond motifs is 3. The maximum atomic E-state index is 11.8. The van der Waals surface area contributed by atoms with Gasteiger partial charge in [0.05, 0.1) is 17.6 Å². The molecule has 0 aliphatic heterocycles. The normalized spacial score (nSPS) is 15.5. The smallest absolute Gasteiger partial charge is 0.115 e. The van der Waals surface area contributed by atoms with Crippen LogP contribution in [0.3, 0.4) is 0 Å². The van der Waals surface area contributed by atoms with E-state index >= 15 is 0 Å². The lowest BCUT2D eigenvalue weighted by molar-refractivity contribution is 0.00871. The maximum absolute atomic E-state index is 11.8. The Labute approximate surface area is 193 Å². The van der Waals surface area contributed by atoms with Crippen LogP contribution in [-0.4, -0.2) is 32.6 Å². The molecule has 0 radical (unpaired) electrons. The van der Waals surface area contributed by atoms with Gasteiger partial charge in [0.25, 0.3) is 0 Å². The fourth-order valence-corrected chi connectivity index (χ4v) is 5.28. The first-order chi connectivity index (χ1) is 16.0. The summed E-state index contributed by atoms with van der Waals surface area (Å²) in [7, 11) is 0. The van der Waals surface area contributed by atoms with Crippen molar-refractivity contribution in [2.24, 2.45) is 0 Å². The van der Waals surface area contributed by atoms with Crippen LogP contribution >= 0.6 is 0 Å². The summed E-state index contributed by atoms with van der Waals surface area (Å²) in [4.78, 5) is 0. The summed E-state index contributed by atoms with van der Waals surface area (Å²) in [6.07, 6.45) is -1.21. The molecule has 4 nitrogen and oxygen atoms in total. The molecule has 1 aliphatic rings. The zero-order valence-corrected chi connectivity index (χ0v) is 18.1. The van der Waals surface area contributed by atoms with E-state index in [0.717, 1.165) is 33.4 Å². The van der Waals surface area contributed by atoms with Crippen LogP contribution in [0.4, 0.5) is 0 Å². The summed E-state index contributed by atoms with van der Waals surface area (Å²) in [6, 6.07) is 29.5. The molecule has 4 heteroatoms. The van der Waals surface area contributed by atoms with E-state index < -0.39 is 17.6 Å². The Morgan fingerprint density at radius 3 is 1.27 bits per heavy atom. The van der Waals surface area contributed by atoms with Crippen LogP contribution in [0, 0.1) is 0 Å². The van der Waals surface area contributed by atoms with E-state index in [4.69, 9.17) is 0 Å². The number of hydrogen-bond donors (Lipinski definition) is 4. The van der Waals surface area contributed by atoms with Gasteiger partial charge in [-0.2, -0.15) is 0 Å². The van der Waals surface area contributed by atoms with Crippen molar-refractivity contribution in [1.82, 2.24) is 0 Å². The lowest BCUT2D eigenvalue weighted by Crippen LogP contribution is -2.51. The third-order valence-corrected chi connectivity index (χ3v) is 6.82. The summed E-state index contributed by atoms with van der Waals surface area (Å²) < 4.78 is 0. The molecule has 0 aromatic heterocycles. The molecule has 0 bridgehead atoms. The first-order valence-corrected chi connectivity index (χ1v) is 11.1. The van der Waals surface area contributed by atoms with Gasteiger partial charge in [0.1, 0.15) is 11.5 Å². The number of aromatic hydroxyl groups is 2. The third-order valence-electron chi connectivity index (χ3n) is 6.82. The number of phenols is 2. The van der Waals surface area contributed by atoms with Gasteiger partial charge < -0.3 is 20.4 Å². The third kappa shape index (κ3) is 3.58. The summed E-state index contributed by atoms with van der Waals surface area (Å²) in [5.74, 6) is 0.346. The number of rotatable bonds is 6. The lowest BCUT2D eigenvalue weighted by atomic mass is 9.66. The molecule has 2 atom stereocenters. The Morgan fingerprint density at radius 2 is 0.879 bits per heavy atom. The molecule has 0 heterocycles. The van der Waals surface area contributed by atoms with Gasteiger partial charge in [0.15, 0.2) is 0 Å². The second kappa shape index (κ2) is 8.39. The number of benzene rings is 4. The van der Waals surface area contributed by atoms with Gasteiger partial charge in [-0.05, 0) is 70.5 Å². The monoisotopic (exact) mass is 438 g/mol. The minimum absolute atomic E-state index is 0.173. The molecule has 4 aromatic carbocycles. The number of hydrogen-bond acceptors (Lipinski definition) is 4. The second-order valence-corrected chi connectivity index (χ2v) is 8.73. The first kappa shape index (κ1) is 21.3. The predicted octanol–water partition coefficient (Wildman–Crippen LogP) is 4.57. The molecular weight excluding hydrogens is 412 g/mol. The maximum Gasteiger partial charge on any atom is 0.115 e. The van der Waals surface area contributed by atoms with Gasteiger partial charge in [0.2, 0.25) is 0 Å². The second-order valence-electron chi connectivity index (χ2n) is 8.73. The van der Waals surface area contributed by atoms with Crippen LogP contribution in [0.1, 0.15) is 22.3 Å². The molecule has 4 N–H and O–H groups in total. The van der Waals surface area contributed by atoms with Gasteiger partial charge in [-0.25, -0.2) is 0 Å². The van der Waals surface area contributed by atoms with Crippen LogP contribution in [0.15, 0.2) is 97.1 Å². The Morgan fingerprint density at radius 1 is 0.515 bits per heavy atom. The largest absolute Gasteiger partial charge is 0.508 e. The highest BCUT2D eigenvalue weighted by molar-refractivity contribution is 5.82. The van der Waals surface area contributed by atoms with Gasteiger partial charge in [0, 0.05) is 0 Å². The SMILES string of the molecule is Oc1ccc(CC(O)C2(C(O)Cc3ccc(O)cc3)c3ccccc3-c3ccccc32)cc1. The van der Waals surface area contributed by atoms with Gasteiger partial charge in [-0.15, -0.1) is 0 Å². The Balaban J connectivity index is 1.65.